The molecule has 1 N–H and O–H groups in total. The summed E-state index contributed by atoms with van der Waals surface area (Å²) >= 11 is 0. The van der Waals surface area contributed by atoms with Crippen LogP contribution in [-0.2, 0) is 9.53 Å². The van der Waals surface area contributed by atoms with Gasteiger partial charge in [-0.3, -0.25) is 4.79 Å². The second-order valence-corrected chi connectivity index (χ2v) is 8.08. The van der Waals surface area contributed by atoms with Crippen molar-refractivity contribution < 1.29 is 22.7 Å². The maximum Gasteiger partial charge on any atom is 0.227 e. The highest BCUT2D eigenvalue weighted by Crippen LogP contribution is 2.37. The first-order valence-electron chi connectivity index (χ1n) is 10.5. The van der Waals surface area contributed by atoms with E-state index in [2.05, 4.69) is 15.3 Å². The van der Waals surface area contributed by atoms with E-state index in [1.54, 1.807) is 12.0 Å². The molecule has 1 saturated heterocycles. The summed E-state index contributed by atoms with van der Waals surface area (Å²) in [6, 6.07) is 3.06. The van der Waals surface area contributed by atoms with Gasteiger partial charge in [0.15, 0.2) is 5.82 Å². The van der Waals surface area contributed by atoms with Crippen molar-refractivity contribution in [1.82, 2.24) is 9.97 Å². The number of methoxy groups -OCH3 is 1. The Morgan fingerprint density at radius 3 is 2.61 bits per heavy atom. The van der Waals surface area contributed by atoms with Crippen LogP contribution in [0.4, 0.5) is 24.7 Å². The van der Waals surface area contributed by atoms with Crippen LogP contribution in [0.2, 0.25) is 0 Å². The molecule has 2 heterocycles. The Balaban J connectivity index is 1.69. The summed E-state index contributed by atoms with van der Waals surface area (Å²) in [5.41, 5.74) is 0.168. The number of hydrogen-bond donors (Lipinski definition) is 1. The first-order valence-corrected chi connectivity index (χ1v) is 10.5. The van der Waals surface area contributed by atoms with Gasteiger partial charge in [0.2, 0.25) is 5.91 Å². The fourth-order valence-corrected chi connectivity index (χ4v) is 4.31. The summed E-state index contributed by atoms with van der Waals surface area (Å²) < 4.78 is 47.7. The summed E-state index contributed by atoms with van der Waals surface area (Å²) in [5.74, 6) is -1.46. The molecule has 0 bridgehead atoms. The first kappa shape index (κ1) is 21.5. The number of halogens is 3. The van der Waals surface area contributed by atoms with Crippen molar-refractivity contribution in [3.63, 3.8) is 0 Å². The zero-order valence-electron chi connectivity index (χ0n) is 17.3. The van der Waals surface area contributed by atoms with Crippen molar-refractivity contribution >= 4 is 17.4 Å². The molecule has 166 valence electrons. The van der Waals surface area contributed by atoms with E-state index >= 15 is 0 Å². The monoisotopic (exact) mass is 434 g/mol. The van der Waals surface area contributed by atoms with E-state index in [1.807, 2.05) is 0 Å². The molecule has 1 atom stereocenters. The Bertz CT molecular complexity index is 950. The molecular weight excluding hydrogens is 409 g/mol. The molecule has 1 aromatic heterocycles. The standard InChI is InChI=1S/C22H25F3N4O2/c1-31-16-5-2-13(3-6-16)22(30)28-20-19(17-10-14(23)4-7-18(17)25)26-12-27-21(20)29-9-8-15(24)11-29/h4,7,10,12-13,15-16H,2-3,5-6,8-9,11H2,1H3,(H,28,30)/t13?,15-,16?/m0/s1. The Kier molecular flexibility index (Phi) is 6.41. The molecule has 1 amide bonds. The van der Waals surface area contributed by atoms with Crippen molar-refractivity contribution in [2.45, 2.75) is 44.4 Å². The van der Waals surface area contributed by atoms with Gasteiger partial charge < -0.3 is 15.0 Å². The number of amides is 1. The predicted molar refractivity (Wildman–Crippen MR) is 110 cm³/mol. The van der Waals surface area contributed by atoms with E-state index < -0.39 is 17.8 Å². The molecular formula is C22H25F3N4O2. The van der Waals surface area contributed by atoms with Crippen LogP contribution in [0.5, 0.6) is 0 Å². The molecule has 1 aliphatic carbocycles. The average molecular weight is 434 g/mol. The Hall–Kier alpha value is -2.68. The number of benzene rings is 1. The summed E-state index contributed by atoms with van der Waals surface area (Å²) in [4.78, 5) is 23.2. The zero-order chi connectivity index (χ0) is 22.0. The van der Waals surface area contributed by atoms with Gasteiger partial charge in [0.1, 0.15) is 35.5 Å². The lowest BCUT2D eigenvalue weighted by Gasteiger charge is -2.28. The molecule has 2 aromatic rings. The number of nitrogens with zero attached hydrogens (tertiary/aromatic N) is 3. The smallest absolute Gasteiger partial charge is 0.227 e. The van der Waals surface area contributed by atoms with E-state index in [1.165, 1.54) is 6.33 Å². The number of ether oxygens (including phenoxy) is 1. The highest BCUT2D eigenvalue weighted by molar-refractivity contribution is 5.99. The van der Waals surface area contributed by atoms with Gasteiger partial charge in [-0.15, -0.1) is 0 Å². The second-order valence-electron chi connectivity index (χ2n) is 8.08. The van der Waals surface area contributed by atoms with Gasteiger partial charge in [0.05, 0.1) is 12.6 Å². The van der Waals surface area contributed by atoms with Crippen molar-refractivity contribution in [2.75, 3.05) is 30.4 Å². The lowest BCUT2D eigenvalue weighted by Crippen LogP contribution is -2.31. The number of carbonyl (C=O) groups excluding carboxylic acids is 1. The number of hydrogen-bond acceptors (Lipinski definition) is 5. The van der Waals surface area contributed by atoms with Crippen LogP contribution < -0.4 is 10.2 Å². The van der Waals surface area contributed by atoms with Gasteiger partial charge in [0, 0.05) is 25.1 Å². The fraction of sp³-hybridized carbons (Fsp3) is 0.500. The number of anilines is 2. The molecule has 6 nitrogen and oxygen atoms in total. The minimum Gasteiger partial charge on any atom is -0.381 e. The van der Waals surface area contributed by atoms with Crippen LogP contribution in [0.25, 0.3) is 11.3 Å². The highest BCUT2D eigenvalue weighted by atomic mass is 19.1. The Morgan fingerprint density at radius 1 is 1.16 bits per heavy atom. The Labute approximate surface area is 178 Å². The zero-order valence-corrected chi connectivity index (χ0v) is 17.3. The van der Waals surface area contributed by atoms with E-state index in [9.17, 15) is 18.0 Å². The topological polar surface area (TPSA) is 67.3 Å². The molecule has 1 aliphatic heterocycles. The normalized spacial score (nSPS) is 23.7. The second kappa shape index (κ2) is 9.21. The number of aromatic nitrogens is 2. The maximum atomic E-state index is 14.6. The summed E-state index contributed by atoms with van der Waals surface area (Å²) in [6.07, 6.45) is 3.55. The van der Waals surface area contributed by atoms with Crippen molar-refractivity contribution in [3.8, 4) is 11.3 Å². The number of alkyl halides is 1. The third kappa shape index (κ3) is 4.66. The molecule has 0 spiro atoms. The first-order chi connectivity index (χ1) is 15.0. The summed E-state index contributed by atoms with van der Waals surface area (Å²) in [7, 11) is 1.66. The molecule has 1 saturated carbocycles. The van der Waals surface area contributed by atoms with E-state index in [4.69, 9.17) is 4.74 Å². The highest BCUT2D eigenvalue weighted by Gasteiger charge is 2.31. The van der Waals surface area contributed by atoms with Crippen molar-refractivity contribution in [2.24, 2.45) is 5.92 Å². The van der Waals surface area contributed by atoms with Gasteiger partial charge in [-0.05, 0) is 50.3 Å². The van der Waals surface area contributed by atoms with E-state index in [0.717, 1.165) is 31.0 Å². The molecule has 4 rings (SSSR count). The third-order valence-electron chi connectivity index (χ3n) is 6.07. The maximum absolute atomic E-state index is 14.6. The van der Waals surface area contributed by atoms with Crippen LogP contribution >= 0.6 is 0 Å². The quantitative estimate of drug-likeness (QED) is 0.767. The van der Waals surface area contributed by atoms with Crippen LogP contribution in [0.3, 0.4) is 0 Å². The van der Waals surface area contributed by atoms with Crippen LogP contribution in [0, 0.1) is 17.6 Å². The lowest BCUT2D eigenvalue weighted by molar-refractivity contribution is -0.121. The average Bonchev–Trinajstić information content (AvgIpc) is 3.21. The number of carbonyl (C=O) groups is 1. The fourth-order valence-electron chi connectivity index (χ4n) is 4.31. The number of nitrogens with one attached hydrogen (secondary N) is 1. The van der Waals surface area contributed by atoms with Crippen LogP contribution in [0.1, 0.15) is 32.1 Å². The molecule has 9 heteroatoms. The van der Waals surface area contributed by atoms with E-state index in [0.29, 0.717) is 31.6 Å². The van der Waals surface area contributed by atoms with Gasteiger partial charge in [-0.1, -0.05) is 0 Å². The minimum absolute atomic E-state index is 0.0724. The lowest BCUT2D eigenvalue weighted by atomic mass is 9.86. The molecule has 31 heavy (non-hydrogen) atoms. The van der Waals surface area contributed by atoms with Gasteiger partial charge in [-0.25, -0.2) is 23.1 Å². The minimum atomic E-state index is -1.02. The van der Waals surface area contributed by atoms with Gasteiger partial charge in [-0.2, -0.15) is 0 Å². The largest absolute Gasteiger partial charge is 0.381 e. The summed E-state index contributed by atoms with van der Waals surface area (Å²) in [5, 5.41) is 2.86. The molecule has 2 aliphatic rings. The molecule has 2 fully saturated rings. The van der Waals surface area contributed by atoms with Gasteiger partial charge in [0.25, 0.3) is 0 Å². The molecule has 0 radical (unpaired) electrons. The van der Waals surface area contributed by atoms with Crippen molar-refractivity contribution in [1.29, 1.82) is 0 Å². The van der Waals surface area contributed by atoms with E-state index in [-0.39, 0.29) is 41.4 Å². The predicted octanol–water partition coefficient (Wildman–Crippen LogP) is 4.11. The summed E-state index contributed by atoms with van der Waals surface area (Å²) in [6.45, 7) is 0.523. The van der Waals surface area contributed by atoms with Crippen molar-refractivity contribution in [3.05, 3.63) is 36.2 Å². The van der Waals surface area contributed by atoms with Gasteiger partial charge >= 0.3 is 0 Å². The molecule has 1 aromatic carbocycles. The SMILES string of the molecule is COC1CCC(C(=O)Nc2c(-c3cc(F)ccc3F)ncnc2N2CC[C@H](F)C2)CC1. The third-order valence-corrected chi connectivity index (χ3v) is 6.07. The van der Waals surface area contributed by atoms with Crippen LogP contribution in [0.15, 0.2) is 24.5 Å². The number of rotatable bonds is 5. The van der Waals surface area contributed by atoms with Crippen LogP contribution in [-0.4, -0.2) is 48.4 Å². The molecule has 0 unspecified atom stereocenters. The Morgan fingerprint density at radius 2 is 1.94 bits per heavy atom.